The number of nitrogens with zero attached hydrogens (tertiary/aromatic N) is 1. The number of rotatable bonds is 3. The quantitative estimate of drug-likeness (QED) is 0.438. The van der Waals surface area contributed by atoms with Gasteiger partial charge in [0.2, 0.25) is 5.88 Å². The van der Waals surface area contributed by atoms with E-state index in [-0.39, 0.29) is 35.0 Å². The zero-order chi connectivity index (χ0) is 18.0. The lowest BCUT2D eigenvalue weighted by atomic mass is 9.82. The van der Waals surface area contributed by atoms with Crippen molar-refractivity contribution in [1.29, 1.82) is 5.26 Å². The van der Waals surface area contributed by atoms with Gasteiger partial charge in [-0.1, -0.05) is 0 Å². The predicted molar refractivity (Wildman–Crippen MR) is 89.1 cm³/mol. The Morgan fingerprint density at radius 1 is 1.50 bits per heavy atom. The molecule has 126 valence electrons. The number of allylic oxidation sites excluding steroid dienone is 2. The van der Waals surface area contributed by atoms with Crippen molar-refractivity contribution >= 4 is 28.6 Å². The minimum Gasteiger partial charge on any atom is -0.463 e. The number of hydrogen-bond acceptors (Lipinski definition) is 5. The van der Waals surface area contributed by atoms with Gasteiger partial charge in [-0.05, 0) is 48.6 Å². The Hall–Kier alpha value is -2.15. The van der Waals surface area contributed by atoms with Crippen LogP contribution in [-0.4, -0.2) is 12.6 Å². The van der Waals surface area contributed by atoms with Crippen molar-refractivity contribution in [3.8, 4) is 6.07 Å². The van der Waals surface area contributed by atoms with Gasteiger partial charge in [0.05, 0.1) is 18.1 Å². The van der Waals surface area contributed by atoms with E-state index in [0.717, 1.165) is 6.07 Å². The van der Waals surface area contributed by atoms with E-state index in [1.54, 1.807) is 29.5 Å². The van der Waals surface area contributed by atoms with E-state index < -0.39 is 23.5 Å². The number of esters is 1. The lowest BCUT2D eigenvalue weighted by Crippen LogP contribution is -2.27. The van der Waals surface area contributed by atoms with Crippen molar-refractivity contribution in [2.45, 2.75) is 19.8 Å². The van der Waals surface area contributed by atoms with Crippen molar-refractivity contribution in [2.75, 3.05) is 6.61 Å². The van der Waals surface area contributed by atoms with E-state index in [0.29, 0.717) is 3.57 Å². The average Bonchev–Trinajstić information content (AvgIpc) is 2.51. The highest BCUT2D eigenvalue weighted by Gasteiger charge is 2.39. The summed E-state index contributed by atoms with van der Waals surface area (Å²) in [6, 6.07) is 4.15. The summed E-state index contributed by atoms with van der Waals surface area (Å²) in [5.41, 5.74) is 5.31. The van der Waals surface area contributed by atoms with Crippen LogP contribution in [0.3, 0.4) is 0 Å². The van der Waals surface area contributed by atoms with Gasteiger partial charge in [-0.15, -0.1) is 0 Å². The summed E-state index contributed by atoms with van der Waals surface area (Å²) in [6.45, 7) is 3.13. The minimum atomic E-state index is -1.20. The molecule has 0 fully saturated rings. The van der Waals surface area contributed by atoms with Gasteiger partial charge < -0.3 is 15.2 Å². The monoisotopic (exact) mass is 446 g/mol. The van der Waals surface area contributed by atoms with Gasteiger partial charge in [0.15, 0.2) is 11.6 Å². The van der Waals surface area contributed by atoms with Crippen LogP contribution in [-0.2, 0) is 14.3 Å². The molecule has 0 aliphatic carbocycles. The SMILES string of the molecule is CCOC(=O)C1=C(C)OC(N)=C(C#N)C1c1c(I)ccc(F)c1F. The van der Waals surface area contributed by atoms with Crippen LogP contribution in [0.5, 0.6) is 0 Å². The average molecular weight is 446 g/mol. The first kappa shape index (κ1) is 18.2. The van der Waals surface area contributed by atoms with Crippen molar-refractivity contribution in [3.05, 3.63) is 55.7 Å². The fraction of sp³-hybridized carbons (Fsp3) is 0.250. The highest BCUT2D eigenvalue weighted by Crippen LogP contribution is 2.42. The molecular formula is C16H13F2IN2O3. The Bertz CT molecular complexity index is 812. The molecule has 1 aromatic rings. The molecule has 5 nitrogen and oxygen atoms in total. The molecule has 0 bridgehead atoms. The van der Waals surface area contributed by atoms with Crippen LogP contribution in [0.4, 0.5) is 8.78 Å². The molecule has 0 aromatic heterocycles. The Morgan fingerprint density at radius 3 is 2.75 bits per heavy atom. The fourth-order valence-electron chi connectivity index (χ4n) is 2.45. The first-order chi connectivity index (χ1) is 11.3. The number of nitrogens with two attached hydrogens (primary N) is 1. The zero-order valence-electron chi connectivity index (χ0n) is 12.8. The highest BCUT2D eigenvalue weighted by molar-refractivity contribution is 14.1. The summed E-state index contributed by atoms with van der Waals surface area (Å²) in [4.78, 5) is 12.3. The molecule has 2 N–H and O–H groups in total. The van der Waals surface area contributed by atoms with Crippen LogP contribution < -0.4 is 5.73 Å². The maximum Gasteiger partial charge on any atom is 0.338 e. The predicted octanol–water partition coefficient (Wildman–Crippen LogP) is 3.21. The fourth-order valence-corrected chi connectivity index (χ4v) is 3.18. The van der Waals surface area contributed by atoms with Gasteiger partial charge in [0.25, 0.3) is 0 Å². The van der Waals surface area contributed by atoms with Crippen LogP contribution >= 0.6 is 22.6 Å². The maximum absolute atomic E-state index is 14.5. The molecule has 1 unspecified atom stereocenters. The van der Waals surface area contributed by atoms with Gasteiger partial charge in [0.1, 0.15) is 17.4 Å². The molecule has 2 rings (SSSR count). The number of nitriles is 1. The normalized spacial score (nSPS) is 17.4. The Kier molecular flexibility index (Phi) is 5.43. The second kappa shape index (κ2) is 7.17. The smallest absolute Gasteiger partial charge is 0.338 e. The largest absolute Gasteiger partial charge is 0.463 e. The second-order valence-corrected chi connectivity index (χ2v) is 6.03. The molecule has 0 spiro atoms. The summed E-state index contributed by atoms with van der Waals surface area (Å²) in [5, 5.41) is 9.40. The number of carbonyl (C=O) groups excluding carboxylic acids is 1. The van der Waals surface area contributed by atoms with E-state index in [1.165, 1.54) is 13.0 Å². The number of carbonyl (C=O) groups is 1. The molecule has 8 heteroatoms. The van der Waals surface area contributed by atoms with Crippen LogP contribution in [0.25, 0.3) is 0 Å². The molecule has 0 saturated heterocycles. The van der Waals surface area contributed by atoms with Gasteiger partial charge in [0, 0.05) is 9.13 Å². The van der Waals surface area contributed by atoms with E-state index in [1.807, 2.05) is 6.07 Å². The first-order valence-corrected chi connectivity index (χ1v) is 8.00. The topological polar surface area (TPSA) is 85.3 Å². The lowest BCUT2D eigenvalue weighted by Gasteiger charge is -2.27. The number of ether oxygens (including phenoxy) is 2. The third-order valence-electron chi connectivity index (χ3n) is 3.47. The van der Waals surface area contributed by atoms with Gasteiger partial charge in [-0.2, -0.15) is 5.26 Å². The zero-order valence-corrected chi connectivity index (χ0v) is 15.0. The first-order valence-electron chi connectivity index (χ1n) is 6.92. The molecular weight excluding hydrogens is 433 g/mol. The summed E-state index contributed by atoms with van der Waals surface area (Å²) in [5.74, 6) is -4.40. The maximum atomic E-state index is 14.5. The molecule has 1 aliphatic rings. The van der Waals surface area contributed by atoms with Crippen LogP contribution in [0, 0.1) is 26.5 Å². The second-order valence-electron chi connectivity index (χ2n) is 4.87. The van der Waals surface area contributed by atoms with Gasteiger partial charge >= 0.3 is 5.97 Å². The Balaban J connectivity index is 2.77. The van der Waals surface area contributed by atoms with Gasteiger partial charge in [-0.25, -0.2) is 13.6 Å². The molecule has 0 amide bonds. The third kappa shape index (κ3) is 3.08. The molecule has 1 aliphatic heterocycles. The molecule has 0 saturated carbocycles. The van der Waals surface area contributed by atoms with Gasteiger partial charge in [-0.3, -0.25) is 0 Å². The lowest BCUT2D eigenvalue weighted by molar-refractivity contribution is -0.139. The Labute approximate surface area is 150 Å². The van der Waals surface area contributed by atoms with E-state index in [9.17, 15) is 18.8 Å². The summed E-state index contributed by atoms with van der Waals surface area (Å²) < 4.78 is 38.8. The van der Waals surface area contributed by atoms with Crippen molar-refractivity contribution in [1.82, 2.24) is 0 Å². The van der Waals surface area contributed by atoms with Crippen LogP contribution in [0.1, 0.15) is 25.3 Å². The third-order valence-corrected chi connectivity index (χ3v) is 4.41. The van der Waals surface area contributed by atoms with Crippen LogP contribution in [0.2, 0.25) is 0 Å². The van der Waals surface area contributed by atoms with E-state index in [2.05, 4.69) is 0 Å². The van der Waals surface area contributed by atoms with Crippen molar-refractivity contribution < 1.29 is 23.0 Å². The Morgan fingerprint density at radius 2 is 2.17 bits per heavy atom. The minimum absolute atomic E-state index is 0.0755. The molecule has 1 aromatic carbocycles. The molecule has 0 radical (unpaired) electrons. The van der Waals surface area contributed by atoms with E-state index in [4.69, 9.17) is 15.2 Å². The highest BCUT2D eigenvalue weighted by atomic mass is 127. The van der Waals surface area contributed by atoms with E-state index >= 15 is 0 Å². The van der Waals surface area contributed by atoms with Crippen LogP contribution in [0.15, 0.2) is 34.9 Å². The molecule has 1 heterocycles. The number of hydrogen-bond donors (Lipinski definition) is 1. The molecule has 24 heavy (non-hydrogen) atoms. The summed E-state index contributed by atoms with van der Waals surface area (Å²) in [7, 11) is 0. The van der Waals surface area contributed by atoms with Crippen molar-refractivity contribution in [3.63, 3.8) is 0 Å². The standard InChI is InChI=1S/C16H13F2IN2O3/c1-3-23-16(22)11-7(2)24-15(21)8(6-20)12(11)13-10(19)5-4-9(17)14(13)18/h4-5,12H,3,21H2,1-2H3. The summed E-state index contributed by atoms with van der Waals surface area (Å²) in [6.07, 6.45) is 0. The molecule has 1 atom stereocenters. The number of halogens is 3. The van der Waals surface area contributed by atoms with Crippen molar-refractivity contribution in [2.24, 2.45) is 5.73 Å². The number of benzene rings is 1. The summed E-state index contributed by atoms with van der Waals surface area (Å²) >= 11 is 1.81.